The molecule has 0 spiro atoms. The van der Waals surface area contributed by atoms with E-state index < -0.39 is 10.0 Å². The van der Waals surface area contributed by atoms with E-state index in [0.29, 0.717) is 15.9 Å². The summed E-state index contributed by atoms with van der Waals surface area (Å²) in [6.07, 6.45) is 8.98. The summed E-state index contributed by atoms with van der Waals surface area (Å²) < 4.78 is 33.0. The molecule has 0 radical (unpaired) electrons. The van der Waals surface area contributed by atoms with Gasteiger partial charge in [-0.1, -0.05) is 29.5 Å². The Bertz CT molecular complexity index is 1620. The second kappa shape index (κ2) is 13.8. The number of sulfonamides is 1. The summed E-state index contributed by atoms with van der Waals surface area (Å²) in [5.41, 5.74) is 4.63. The Kier molecular flexibility index (Phi) is 10.8. The summed E-state index contributed by atoms with van der Waals surface area (Å²) in [6, 6.07) is 14.1. The lowest BCUT2D eigenvalue weighted by Crippen LogP contribution is -2.43. The molecule has 1 aliphatic rings. The number of allylic oxidation sites excluding steroid dienone is 2. The van der Waals surface area contributed by atoms with E-state index in [1.807, 2.05) is 12.1 Å². The highest BCUT2D eigenvalue weighted by Crippen LogP contribution is 2.35. The molecule has 0 N–H and O–H groups in total. The number of aryl methyl sites for hydroxylation is 1. The Hall–Kier alpha value is -2.60. The number of nitrogens with zero attached hydrogens (tertiary/aromatic N) is 6. The average Bonchev–Trinajstić information content (AvgIpc) is 3.26. The first-order valence-corrected chi connectivity index (χ1v) is 17.8. The predicted octanol–water partition coefficient (Wildman–Crippen LogP) is 4.35. The fourth-order valence-corrected chi connectivity index (χ4v) is 7.94. The molecule has 1 aliphatic heterocycles. The van der Waals surface area contributed by atoms with Crippen molar-refractivity contribution in [2.45, 2.75) is 17.7 Å². The predicted molar refractivity (Wildman–Crippen MR) is 186 cm³/mol. The van der Waals surface area contributed by atoms with Gasteiger partial charge in [0.25, 0.3) is 5.01 Å². The summed E-state index contributed by atoms with van der Waals surface area (Å²) in [5, 5.41) is 1.08. The maximum Gasteiger partial charge on any atom is 0.263 e. The van der Waals surface area contributed by atoms with Gasteiger partial charge in [0.1, 0.15) is 11.7 Å². The van der Waals surface area contributed by atoms with Crippen molar-refractivity contribution >= 4 is 48.9 Å². The van der Waals surface area contributed by atoms with Crippen LogP contribution in [0.1, 0.15) is 23.4 Å². The topological polar surface area (TPSA) is 47.7 Å². The van der Waals surface area contributed by atoms with Crippen molar-refractivity contribution in [1.82, 2.24) is 9.21 Å². The lowest BCUT2D eigenvalue weighted by atomic mass is 9.99. The summed E-state index contributed by atoms with van der Waals surface area (Å²) in [6.45, 7) is 5.65. The zero-order chi connectivity index (χ0) is 32.3. The van der Waals surface area contributed by atoms with Gasteiger partial charge in [-0.15, -0.1) is 0 Å². The zero-order valence-corrected chi connectivity index (χ0v) is 29.9. The number of rotatable bonds is 14. The van der Waals surface area contributed by atoms with E-state index in [1.165, 1.54) is 28.5 Å². The third-order valence-corrected chi connectivity index (χ3v) is 11.4. The van der Waals surface area contributed by atoms with Gasteiger partial charge < -0.3 is 18.8 Å². The van der Waals surface area contributed by atoms with E-state index in [0.717, 1.165) is 57.9 Å². The molecule has 2 heterocycles. The highest BCUT2D eigenvalue weighted by Gasteiger charge is 2.26. The first kappa shape index (κ1) is 34.3. The number of thiazole rings is 1. The summed E-state index contributed by atoms with van der Waals surface area (Å²) >= 11 is 1.63. The highest BCUT2D eigenvalue weighted by molar-refractivity contribution is 7.89. The van der Waals surface area contributed by atoms with Crippen LogP contribution >= 0.6 is 11.3 Å². The van der Waals surface area contributed by atoms with E-state index in [-0.39, 0.29) is 0 Å². The molecule has 1 aromatic heterocycles. The van der Waals surface area contributed by atoms with Gasteiger partial charge in [-0.2, -0.15) is 8.87 Å². The number of anilines is 1. The van der Waals surface area contributed by atoms with E-state index >= 15 is 0 Å². The normalized spacial score (nSPS) is 15.2. The molecule has 0 aliphatic carbocycles. The molecule has 0 amide bonds. The van der Waals surface area contributed by atoms with Crippen molar-refractivity contribution < 1.29 is 22.0 Å². The minimum atomic E-state index is -3.57. The zero-order valence-electron chi connectivity index (χ0n) is 28.2. The van der Waals surface area contributed by atoms with Crippen molar-refractivity contribution in [2.75, 3.05) is 101 Å². The van der Waals surface area contributed by atoms with Gasteiger partial charge in [-0.05, 0) is 43.9 Å². The lowest BCUT2D eigenvalue weighted by molar-refractivity contribution is -0.890. The molecule has 44 heavy (non-hydrogen) atoms. The molecule has 4 rings (SSSR count). The Morgan fingerprint density at radius 3 is 2.34 bits per heavy atom. The van der Waals surface area contributed by atoms with Crippen LogP contribution in [0.3, 0.4) is 0 Å². The van der Waals surface area contributed by atoms with Crippen molar-refractivity contribution in [1.29, 1.82) is 0 Å². The number of aromatic nitrogens is 1. The standard InChI is InChI=1S/C34H53N6O2S2/c1-35(2)19-12-23-40(8,9)24-13-20-38-21-18-28(30-14-10-11-15-31(30)38)26-34-37(4)32-17-16-29(27-33(32)43-34)44(41,42)36(3)22-25-39(5,6)7/h10-11,14-18,21,26-27H,12-13,19-20,22-25H2,1-9H3/q+3. The average molecular weight is 642 g/mol. The van der Waals surface area contributed by atoms with E-state index in [1.54, 1.807) is 24.5 Å². The van der Waals surface area contributed by atoms with Crippen LogP contribution in [-0.4, -0.2) is 122 Å². The first-order valence-electron chi connectivity index (χ1n) is 15.5. The van der Waals surface area contributed by atoms with Crippen LogP contribution in [0.2, 0.25) is 0 Å². The first-order chi connectivity index (χ1) is 20.6. The highest BCUT2D eigenvalue weighted by atomic mass is 32.2. The second-order valence-corrected chi connectivity index (χ2v) is 17.1. The fourth-order valence-electron chi connectivity index (χ4n) is 5.54. The molecule has 0 saturated heterocycles. The molecule has 0 fully saturated rings. The maximum atomic E-state index is 13.4. The van der Waals surface area contributed by atoms with E-state index in [2.05, 4.69) is 113 Å². The van der Waals surface area contributed by atoms with Crippen LogP contribution in [0.5, 0.6) is 0 Å². The largest absolute Gasteiger partial charge is 0.347 e. The number of benzene rings is 2. The summed E-state index contributed by atoms with van der Waals surface area (Å²) in [7, 11) is 15.3. The SMILES string of the molecule is CN(C)CCC[N+](C)(C)CCCN1C=C/C(=C\c2sc3cc(S(=O)(=O)N(C)CC[N+](C)(C)C)ccc3[n+]2C)c2ccccc21. The fraction of sp³-hybridized carbons (Fsp3) is 0.500. The Morgan fingerprint density at radius 1 is 0.932 bits per heavy atom. The molecule has 8 nitrogen and oxygen atoms in total. The van der Waals surface area contributed by atoms with Crippen LogP contribution < -0.4 is 9.47 Å². The van der Waals surface area contributed by atoms with Crippen LogP contribution in [0.25, 0.3) is 21.9 Å². The molecule has 3 aromatic rings. The lowest BCUT2D eigenvalue weighted by Gasteiger charge is -2.32. The van der Waals surface area contributed by atoms with Crippen LogP contribution in [0.15, 0.2) is 59.6 Å². The van der Waals surface area contributed by atoms with Crippen LogP contribution in [0, 0.1) is 0 Å². The van der Waals surface area contributed by atoms with Crippen molar-refractivity contribution in [2.24, 2.45) is 7.05 Å². The Labute approximate surface area is 269 Å². The number of quaternary nitrogens is 2. The van der Waals surface area contributed by atoms with Crippen molar-refractivity contribution in [3.63, 3.8) is 0 Å². The van der Waals surface area contributed by atoms with Gasteiger partial charge >= 0.3 is 0 Å². The number of para-hydroxylation sites is 1. The van der Waals surface area contributed by atoms with Gasteiger partial charge in [-0.25, -0.2) is 8.42 Å². The summed E-state index contributed by atoms with van der Waals surface area (Å²) in [4.78, 5) is 4.98. The third kappa shape index (κ3) is 8.56. The van der Waals surface area contributed by atoms with Gasteiger partial charge in [0.05, 0.1) is 66.3 Å². The molecule has 0 atom stereocenters. The molecular weight excluding hydrogens is 589 g/mol. The Balaban J connectivity index is 1.52. The Morgan fingerprint density at radius 2 is 1.64 bits per heavy atom. The smallest absolute Gasteiger partial charge is 0.263 e. The minimum absolute atomic E-state index is 0.341. The summed E-state index contributed by atoms with van der Waals surface area (Å²) in [5.74, 6) is 0. The molecular formula is C34H53N6O2S2+3. The molecule has 240 valence electrons. The van der Waals surface area contributed by atoms with Gasteiger partial charge in [0.2, 0.25) is 15.5 Å². The molecule has 0 bridgehead atoms. The van der Waals surface area contributed by atoms with E-state index in [9.17, 15) is 8.42 Å². The quantitative estimate of drug-likeness (QED) is 0.194. The molecule has 0 unspecified atom stereocenters. The van der Waals surface area contributed by atoms with Crippen LogP contribution in [0.4, 0.5) is 5.69 Å². The molecule has 0 saturated carbocycles. The van der Waals surface area contributed by atoms with Gasteiger partial charge in [-0.3, -0.25) is 0 Å². The van der Waals surface area contributed by atoms with Crippen LogP contribution in [-0.2, 0) is 17.1 Å². The number of fused-ring (bicyclic) bond motifs is 2. The number of hydrogen-bond acceptors (Lipinski definition) is 5. The van der Waals surface area contributed by atoms with Gasteiger partial charge in [0.15, 0.2) is 0 Å². The second-order valence-electron chi connectivity index (χ2n) is 14.0. The van der Waals surface area contributed by atoms with Crippen molar-refractivity contribution in [3.8, 4) is 0 Å². The number of likely N-dealkylation sites (N-methyl/N-ethyl adjacent to an activating group) is 2. The molecule has 10 heteroatoms. The van der Waals surface area contributed by atoms with Gasteiger partial charge in [0, 0.05) is 62.6 Å². The monoisotopic (exact) mass is 641 g/mol. The third-order valence-electron chi connectivity index (χ3n) is 8.40. The number of hydrogen-bond donors (Lipinski definition) is 0. The maximum absolute atomic E-state index is 13.4. The van der Waals surface area contributed by atoms with E-state index in [4.69, 9.17) is 0 Å². The van der Waals surface area contributed by atoms with Crippen molar-refractivity contribution in [3.05, 3.63) is 65.3 Å². The minimum Gasteiger partial charge on any atom is -0.347 e. The molecule has 2 aromatic carbocycles.